The molecule has 2 aromatic rings. The van der Waals surface area contributed by atoms with Gasteiger partial charge in [0.1, 0.15) is 0 Å². The van der Waals surface area contributed by atoms with Crippen LogP contribution in [0.2, 0.25) is 0 Å². The smallest absolute Gasteiger partial charge is 0.0947 e. The first-order valence-corrected chi connectivity index (χ1v) is 7.10. The average molecular weight is 270 g/mol. The molecule has 0 heterocycles. The Hall–Kier alpha value is -1.64. The number of rotatable bonds is 5. The van der Waals surface area contributed by atoms with E-state index in [-0.39, 0.29) is 5.92 Å². The maximum atomic E-state index is 11.0. The first-order chi connectivity index (χ1) is 9.59. The lowest BCUT2D eigenvalue weighted by Crippen LogP contribution is -2.36. The van der Waals surface area contributed by atoms with Gasteiger partial charge in [0.05, 0.1) is 11.7 Å². The fourth-order valence-electron chi connectivity index (χ4n) is 2.72. The van der Waals surface area contributed by atoms with Crippen LogP contribution in [0.5, 0.6) is 0 Å². The van der Waals surface area contributed by atoms with Gasteiger partial charge < -0.3 is 10.2 Å². The summed E-state index contributed by atoms with van der Waals surface area (Å²) in [7, 11) is 0. The van der Waals surface area contributed by atoms with E-state index >= 15 is 0 Å². The van der Waals surface area contributed by atoms with Crippen molar-refractivity contribution in [2.45, 2.75) is 32.0 Å². The normalized spacial score (nSPS) is 17.2. The van der Waals surface area contributed by atoms with Crippen LogP contribution in [0.3, 0.4) is 0 Å². The monoisotopic (exact) mass is 270 g/mol. The molecule has 2 rings (SSSR count). The molecule has 0 saturated heterocycles. The van der Waals surface area contributed by atoms with Crippen LogP contribution in [-0.2, 0) is 5.60 Å². The molecular formula is C18H22O2. The fourth-order valence-corrected chi connectivity index (χ4v) is 2.72. The summed E-state index contributed by atoms with van der Waals surface area (Å²) in [5, 5.41) is 21.6. The molecule has 0 saturated carbocycles. The predicted molar refractivity (Wildman–Crippen MR) is 81.2 cm³/mol. The van der Waals surface area contributed by atoms with Crippen LogP contribution in [0.15, 0.2) is 60.7 Å². The molecule has 106 valence electrons. The zero-order valence-electron chi connectivity index (χ0n) is 12.0. The van der Waals surface area contributed by atoms with E-state index in [1.54, 1.807) is 0 Å². The van der Waals surface area contributed by atoms with Crippen LogP contribution < -0.4 is 0 Å². The van der Waals surface area contributed by atoms with Gasteiger partial charge in [-0.05, 0) is 17.5 Å². The highest BCUT2D eigenvalue weighted by molar-refractivity contribution is 5.26. The molecule has 20 heavy (non-hydrogen) atoms. The summed E-state index contributed by atoms with van der Waals surface area (Å²) < 4.78 is 0. The van der Waals surface area contributed by atoms with Crippen molar-refractivity contribution in [3.05, 3.63) is 71.8 Å². The standard InChI is InChI=1S/C18H22O2/c1-3-18(20,16-12-8-5-9-13-16)14(2)17(19)15-10-6-4-7-11-15/h4-14,17,19-20H,3H2,1-2H3/t14-,17-,18-/m1/s1. The van der Waals surface area contributed by atoms with Gasteiger partial charge in [0.15, 0.2) is 0 Å². The van der Waals surface area contributed by atoms with Crippen molar-refractivity contribution in [2.24, 2.45) is 5.92 Å². The average Bonchev–Trinajstić information content (AvgIpc) is 2.54. The Balaban J connectivity index is 2.32. The molecule has 0 aliphatic heterocycles. The van der Waals surface area contributed by atoms with Crippen LogP contribution in [0.25, 0.3) is 0 Å². The summed E-state index contributed by atoms with van der Waals surface area (Å²) in [5.41, 5.74) is 0.657. The Bertz CT molecular complexity index is 524. The van der Waals surface area contributed by atoms with Gasteiger partial charge in [0.2, 0.25) is 0 Å². The van der Waals surface area contributed by atoms with Gasteiger partial charge in [0, 0.05) is 5.92 Å². The predicted octanol–water partition coefficient (Wildman–Crippen LogP) is 3.65. The highest BCUT2D eigenvalue weighted by Gasteiger charge is 2.38. The molecule has 2 heteroatoms. The Morgan fingerprint density at radius 2 is 1.45 bits per heavy atom. The number of aliphatic hydroxyl groups is 2. The topological polar surface area (TPSA) is 40.5 Å². The van der Waals surface area contributed by atoms with Gasteiger partial charge in [-0.1, -0.05) is 74.5 Å². The van der Waals surface area contributed by atoms with Gasteiger partial charge >= 0.3 is 0 Å². The first-order valence-electron chi connectivity index (χ1n) is 7.10. The van der Waals surface area contributed by atoms with Gasteiger partial charge in [-0.15, -0.1) is 0 Å². The number of hydrogen-bond acceptors (Lipinski definition) is 2. The van der Waals surface area contributed by atoms with Crippen LogP contribution in [-0.4, -0.2) is 10.2 Å². The molecule has 0 unspecified atom stereocenters. The summed E-state index contributed by atoms with van der Waals surface area (Å²) in [6.07, 6.45) is -0.136. The Labute approximate surface area is 120 Å². The molecule has 0 aliphatic carbocycles. The van der Waals surface area contributed by atoms with Crippen molar-refractivity contribution >= 4 is 0 Å². The molecule has 0 bridgehead atoms. The van der Waals surface area contributed by atoms with Crippen molar-refractivity contribution in [2.75, 3.05) is 0 Å². The molecule has 3 atom stereocenters. The van der Waals surface area contributed by atoms with E-state index in [1.165, 1.54) is 0 Å². The summed E-state index contributed by atoms with van der Waals surface area (Å²) in [5.74, 6) is -0.294. The minimum absolute atomic E-state index is 0.294. The van der Waals surface area contributed by atoms with E-state index in [1.807, 2.05) is 74.5 Å². The van der Waals surface area contributed by atoms with Crippen molar-refractivity contribution in [1.29, 1.82) is 0 Å². The summed E-state index contributed by atoms with van der Waals surface area (Å²) in [6, 6.07) is 19.1. The third-order valence-electron chi connectivity index (χ3n) is 4.18. The lowest BCUT2D eigenvalue weighted by Gasteiger charge is -2.36. The second kappa shape index (κ2) is 6.21. The molecule has 0 amide bonds. The molecule has 0 aromatic heterocycles. The number of aliphatic hydroxyl groups excluding tert-OH is 1. The third kappa shape index (κ3) is 2.77. The first kappa shape index (κ1) is 14.8. The van der Waals surface area contributed by atoms with E-state index in [9.17, 15) is 10.2 Å². The van der Waals surface area contributed by atoms with Crippen LogP contribution in [0.4, 0.5) is 0 Å². The SMILES string of the molecule is CC[C@](O)(c1ccccc1)[C@H](C)[C@@H](O)c1ccccc1. The second-order valence-electron chi connectivity index (χ2n) is 5.29. The Morgan fingerprint density at radius 3 is 1.95 bits per heavy atom. The maximum absolute atomic E-state index is 11.0. The van der Waals surface area contributed by atoms with Gasteiger partial charge in [-0.2, -0.15) is 0 Å². The minimum Gasteiger partial charge on any atom is -0.388 e. The van der Waals surface area contributed by atoms with Gasteiger partial charge in [-0.25, -0.2) is 0 Å². The fraction of sp³-hybridized carbons (Fsp3) is 0.333. The Kier molecular flexibility index (Phi) is 4.58. The lowest BCUT2D eigenvalue weighted by atomic mass is 9.76. The van der Waals surface area contributed by atoms with Crippen molar-refractivity contribution in [3.8, 4) is 0 Å². The highest BCUT2D eigenvalue weighted by Crippen LogP contribution is 2.39. The van der Waals surface area contributed by atoms with Crippen LogP contribution >= 0.6 is 0 Å². The molecule has 2 aromatic carbocycles. The van der Waals surface area contributed by atoms with E-state index < -0.39 is 11.7 Å². The van der Waals surface area contributed by atoms with E-state index in [2.05, 4.69) is 0 Å². The van der Waals surface area contributed by atoms with Crippen LogP contribution in [0.1, 0.15) is 37.5 Å². The molecule has 0 spiro atoms. The zero-order chi connectivity index (χ0) is 14.6. The van der Waals surface area contributed by atoms with Crippen LogP contribution in [0, 0.1) is 5.92 Å². The van der Waals surface area contributed by atoms with Gasteiger partial charge in [-0.3, -0.25) is 0 Å². The van der Waals surface area contributed by atoms with Crippen molar-refractivity contribution < 1.29 is 10.2 Å². The second-order valence-corrected chi connectivity index (χ2v) is 5.29. The van der Waals surface area contributed by atoms with Crippen molar-refractivity contribution in [1.82, 2.24) is 0 Å². The third-order valence-corrected chi connectivity index (χ3v) is 4.18. The zero-order valence-corrected chi connectivity index (χ0v) is 12.0. The quantitative estimate of drug-likeness (QED) is 0.870. The molecule has 2 nitrogen and oxygen atoms in total. The molecular weight excluding hydrogens is 248 g/mol. The Morgan fingerprint density at radius 1 is 0.950 bits per heavy atom. The summed E-state index contributed by atoms with van der Waals surface area (Å²) in [4.78, 5) is 0. The maximum Gasteiger partial charge on any atom is 0.0947 e. The summed E-state index contributed by atoms with van der Waals surface area (Å²) >= 11 is 0. The largest absolute Gasteiger partial charge is 0.388 e. The van der Waals surface area contributed by atoms with E-state index in [4.69, 9.17) is 0 Å². The minimum atomic E-state index is -1.03. The molecule has 0 radical (unpaired) electrons. The lowest BCUT2D eigenvalue weighted by molar-refractivity contribution is -0.0735. The van der Waals surface area contributed by atoms with E-state index in [0.717, 1.165) is 11.1 Å². The van der Waals surface area contributed by atoms with Gasteiger partial charge in [0.25, 0.3) is 0 Å². The molecule has 2 N–H and O–H groups in total. The molecule has 0 aliphatic rings. The highest BCUT2D eigenvalue weighted by atomic mass is 16.3. The number of hydrogen-bond donors (Lipinski definition) is 2. The number of benzene rings is 2. The van der Waals surface area contributed by atoms with Crippen molar-refractivity contribution in [3.63, 3.8) is 0 Å². The summed E-state index contributed by atoms with van der Waals surface area (Å²) in [6.45, 7) is 3.84. The van der Waals surface area contributed by atoms with E-state index in [0.29, 0.717) is 6.42 Å². The molecule has 0 fully saturated rings.